The van der Waals surface area contributed by atoms with Gasteiger partial charge < -0.3 is 19.1 Å². The summed E-state index contributed by atoms with van der Waals surface area (Å²) in [7, 11) is -5.06. The average Bonchev–Trinajstić information content (AvgIpc) is 3.54. The number of hydrogen-bond donors (Lipinski definition) is 1. The molecule has 1 heterocycles. The van der Waals surface area contributed by atoms with Crippen LogP contribution in [0.1, 0.15) is 87.0 Å². The number of carbonyl (C=O) groups excluding carboxylic acids is 1. The Bertz CT molecular complexity index is 1110. The molecule has 0 aromatic heterocycles. The van der Waals surface area contributed by atoms with Crippen molar-refractivity contribution in [3.05, 3.63) is 11.6 Å². The molecule has 222 valence electrons. The van der Waals surface area contributed by atoms with Crippen molar-refractivity contribution in [2.45, 2.75) is 118 Å². The molecule has 0 aromatic rings. The van der Waals surface area contributed by atoms with Crippen LogP contribution >= 0.6 is 0 Å². The first-order valence-electron chi connectivity index (χ1n) is 14.9. The van der Waals surface area contributed by atoms with Crippen LogP contribution in [0.15, 0.2) is 11.6 Å². The number of aliphatic hydroxyl groups is 1. The van der Waals surface area contributed by atoms with Crippen molar-refractivity contribution in [3.8, 4) is 0 Å². The SMILES string of the molecule is CC(=O)O[C@@H]1C[C@@]2(C)C(CC=C3[C@@H]4CC[C@H]([C@H](C)[C@@H]5O[C@H]5[C@@H](C)C(C)C)[C@@]4(C)CC[C@@H]32)[C@H](OS(=O)(=O)[O-])[C@H]1O.[Na+]. The van der Waals surface area contributed by atoms with E-state index in [1.165, 1.54) is 18.9 Å². The summed E-state index contributed by atoms with van der Waals surface area (Å²) in [6, 6.07) is 0. The molecule has 4 aliphatic carbocycles. The molecule has 1 unspecified atom stereocenters. The van der Waals surface area contributed by atoms with Gasteiger partial charge in [-0.1, -0.05) is 53.2 Å². The average molecular weight is 591 g/mol. The Kier molecular flexibility index (Phi) is 9.45. The van der Waals surface area contributed by atoms with Crippen molar-refractivity contribution in [2.75, 3.05) is 0 Å². The van der Waals surface area contributed by atoms with E-state index in [0.29, 0.717) is 54.6 Å². The molecule has 8 nitrogen and oxygen atoms in total. The first kappa shape index (κ1) is 32.9. The number of carbonyl (C=O) groups is 1. The van der Waals surface area contributed by atoms with Crippen LogP contribution in [0.5, 0.6) is 0 Å². The summed E-state index contributed by atoms with van der Waals surface area (Å²) in [6.45, 7) is 15.1. The van der Waals surface area contributed by atoms with Crippen LogP contribution in [0.4, 0.5) is 0 Å². The zero-order chi connectivity index (χ0) is 28.7. The molecular formula is C30H47NaO8S. The number of allylic oxidation sites excluding steroid dienone is 2. The summed E-state index contributed by atoms with van der Waals surface area (Å²) in [4.78, 5) is 11.9. The maximum absolute atomic E-state index is 11.9. The molecule has 0 spiro atoms. The van der Waals surface area contributed by atoms with E-state index in [-0.39, 0.29) is 46.8 Å². The summed E-state index contributed by atoms with van der Waals surface area (Å²) < 4.78 is 51.7. The second kappa shape index (κ2) is 11.5. The minimum Gasteiger partial charge on any atom is -0.726 e. The van der Waals surface area contributed by atoms with Crippen LogP contribution < -0.4 is 29.6 Å². The van der Waals surface area contributed by atoms with Crippen molar-refractivity contribution < 1.29 is 66.1 Å². The predicted molar refractivity (Wildman–Crippen MR) is 144 cm³/mol. The van der Waals surface area contributed by atoms with Crippen LogP contribution in [-0.4, -0.2) is 54.6 Å². The van der Waals surface area contributed by atoms with Crippen molar-refractivity contribution in [3.63, 3.8) is 0 Å². The van der Waals surface area contributed by atoms with Gasteiger partial charge in [0, 0.05) is 6.92 Å². The first-order chi connectivity index (χ1) is 18.1. The molecule has 1 aliphatic heterocycles. The third-order valence-corrected chi connectivity index (χ3v) is 12.5. The molecule has 40 heavy (non-hydrogen) atoms. The monoisotopic (exact) mass is 590 g/mol. The van der Waals surface area contributed by atoms with Crippen LogP contribution in [0.3, 0.4) is 0 Å². The number of rotatable bonds is 7. The van der Waals surface area contributed by atoms with E-state index in [2.05, 4.69) is 47.6 Å². The standard InChI is InChI=1S/C30H48O8S.Na/c1-15(2)16(3)26-27(37-26)17(4)20-10-11-21-19-8-9-23-28(38-39(33,34)35)25(32)24(36-18(5)31)14-30(23,7)22(19)12-13-29(20,21)6;/h8,15-17,20-28,32H,9-14H2,1-7H3,(H,33,34,35);/q;+1/p-1/t16-,17-,20+,21-,22-,23?,24+,25-,26-,27-,28-,29+,30+;/m0./s1. The molecule has 5 aliphatic rings. The first-order valence-corrected chi connectivity index (χ1v) is 16.3. The Balaban J connectivity index is 0.00000370. The van der Waals surface area contributed by atoms with Crippen molar-refractivity contribution >= 4 is 16.4 Å². The smallest absolute Gasteiger partial charge is 0.726 e. The molecule has 0 radical (unpaired) electrons. The molecule has 10 heteroatoms. The van der Waals surface area contributed by atoms with E-state index in [0.717, 1.165) is 19.3 Å². The van der Waals surface area contributed by atoms with Gasteiger partial charge in [0.2, 0.25) is 10.4 Å². The number of aliphatic hydroxyl groups excluding tert-OH is 1. The van der Waals surface area contributed by atoms with Gasteiger partial charge in [-0.25, -0.2) is 8.42 Å². The zero-order valence-electron chi connectivity index (χ0n) is 25.5. The fourth-order valence-corrected chi connectivity index (χ4v) is 10.2. The van der Waals surface area contributed by atoms with E-state index in [4.69, 9.17) is 13.7 Å². The molecule has 3 saturated carbocycles. The van der Waals surface area contributed by atoms with Crippen LogP contribution in [-0.2, 0) is 28.9 Å². The van der Waals surface area contributed by atoms with Gasteiger partial charge in [-0.05, 0) is 90.8 Å². The van der Waals surface area contributed by atoms with Gasteiger partial charge in [-0.15, -0.1) is 0 Å². The summed E-state index contributed by atoms with van der Waals surface area (Å²) >= 11 is 0. The van der Waals surface area contributed by atoms with Crippen molar-refractivity contribution in [2.24, 2.45) is 52.3 Å². The Morgan fingerprint density at radius 2 is 1.75 bits per heavy atom. The largest absolute Gasteiger partial charge is 1.00 e. The van der Waals surface area contributed by atoms with Gasteiger partial charge in [0.25, 0.3) is 0 Å². The Hall–Kier alpha value is -0.000000000000000222. The van der Waals surface area contributed by atoms with Gasteiger partial charge in [-0.3, -0.25) is 8.98 Å². The summed E-state index contributed by atoms with van der Waals surface area (Å²) in [5.74, 6) is 1.90. The fraction of sp³-hybridized carbons (Fsp3) is 0.900. The Morgan fingerprint density at radius 3 is 2.35 bits per heavy atom. The maximum atomic E-state index is 11.9. The van der Waals surface area contributed by atoms with E-state index in [9.17, 15) is 22.9 Å². The second-order valence-corrected chi connectivity index (χ2v) is 15.2. The van der Waals surface area contributed by atoms with Gasteiger partial charge in [0.15, 0.2) is 0 Å². The Morgan fingerprint density at radius 1 is 1.10 bits per heavy atom. The van der Waals surface area contributed by atoms with E-state index in [1.807, 2.05) is 0 Å². The molecule has 1 saturated heterocycles. The zero-order valence-corrected chi connectivity index (χ0v) is 28.3. The molecular weight excluding hydrogens is 543 g/mol. The van der Waals surface area contributed by atoms with Gasteiger partial charge in [0.05, 0.1) is 12.2 Å². The quantitative estimate of drug-likeness (QED) is 0.118. The number of fused-ring (bicyclic) bond motifs is 5. The molecule has 1 N–H and O–H groups in total. The normalized spacial score (nSPS) is 45.8. The molecule has 13 atom stereocenters. The topological polar surface area (TPSA) is 125 Å². The predicted octanol–water partition coefficient (Wildman–Crippen LogP) is 1.62. The number of ether oxygens (including phenoxy) is 2. The van der Waals surface area contributed by atoms with Gasteiger partial charge >= 0.3 is 35.5 Å². The third-order valence-electron chi connectivity index (χ3n) is 12.0. The number of epoxide rings is 1. The fourth-order valence-electron chi connectivity index (χ4n) is 9.67. The third kappa shape index (κ3) is 5.64. The van der Waals surface area contributed by atoms with Gasteiger partial charge in [-0.2, -0.15) is 0 Å². The maximum Gasteiger partial charge on any atom is 1.00 e. The second-order valence-electron chi connectivity index (χ2n) is 14.2. The van der Waals surface area contributed by atoms with Crippen LogP contribution in [0.25, 0.3) is 0 Å². The number of hydrogen-bond acceptors (Lipinski definition) is 8. The van der Waals surface area contributed by atoms with Gasteiger partial charge in [0.1, 0.15) is 18.3 Å². The van der Waals surface area contributed by atoms with Crippen molar-refractivity contribution in [1.29, 1.82) is 0 Å². The van der Waals surface area contributed by atoms with E-state index >= 15 is 0 Å². The Labute approximate surface area is 262 Å². The molecule has 0 amide bonds. The molecule has 4 fully saturated rings. The molecule has 0 aromatic carbocycles. The summed E-state index contributed by atoms with van der Waals surface area (Å²) in [5, 5.41) is 11.0. The van der Waals surface area contributed by atoms with E-state index in [1.54, 1.807) is 0 Å². The van der Waals surface area contributed by atoms with Crippen LogP contribution in [0.2, 0.25) is 0 Å². The van der Waals surface area contributed by atoms with Crippen molar-refractivity contribution in [1.82, 2.24) is 0 Å². The minimum atomic E-state index is -5.06. The molecule has 5 rings (SSSR count). The molecule has 0 bridgehead atoms. The van der Waals surface area contributed by atoms with E-state index < -0.39 is 40.1 Å². The minimum absolute atomic E-state index is 0. The summed E-state index contributed by atoms with van der Waals surface area (Å²) in [5.41, 5.74) is 1.13. The summed E-state index contributed by atoms with van der Waals surface area (Å²) in [6.07, 6.45) is 4.62. The number of esters is 1. The van der Waals surface area contributed by atoms with Crippen LogP contribution in [0, 0.1) is 52.3 Å².